The van der Waals surface area contributed by atoms with Crippen LogP contribution < -0.4 is 5.73 Å². The quantitative estimate of drug-likeness (QED) is 0.770. The number of nitrogen functional groups attached to an aromatic ring is 1. The average Bonchev–Trinajstić information content (AvgIpc) is 2.52. The molecule has 72 valence electrons. The first-order chi connectivity index (χ1) is 6.75. The van der Waals surface area contributed by atoms with Gasteiger partial charge in [0.25, 0.3) is 0 Å². The lowest BCUT2D eigenvalue weighted by molar-refractivity contribution is 0.743. The summed E-state index contributed by atoms with van der Waals surface area (Å²) >= 11 is 0. The normalized spacial score (nSPS) is 10.4. The highest BCUT2D eigenvalue weighted by Crippen LogP contribution is 2.04. The zero-order valence-electron chi connectivity index (χ0n) is 8.01. The molecule has 4 heteroatoms. The number of aryl methyl sites for hydroxylation is 1. The number of aromatic nitrogens is 3. The van der Waals surface area contributed by atoms with E-state index in [0.717, 1.165) is 18.1 Å². The fourth-order valence-electron chi connectivity index (χ4n) is 1.33. The Hall–Kier alpha value is -1.84. The molecule has 14 heavy (non-hydrogen) atoms. The Labute approximate surface area is 82.4 Å². The maximum absolute atomic E-state index is 5.59. The van der Waals surface area contributed by atoms with Gasteiger partial charge in [-0.1, -0.05) is 6.07 Å². The number of nitrogens with two attached hydrogens (primary N) is 1. The Morgan fingerprint density at radius 3 is 2.93 bits per heavy atom. The summed E-state index contributed by atoms with van der Waals surface area (Å²) in [6, 6.07) is 5.64. The Balaban J connectivity index is 2.23. The van der Waals surface area contributed by atoms with Gasteiger partial charge in [-0.25, -0.2) is 9.97 Å². The molecule has 0 fully saturated rings. The van der Waals surface area contributed by atoms with Crippen LogP contribution in [-0.4, -0.2) is 14.5 Å². The van der Waals surface area contributed by atoms with Crippen molar-refractivity contribution in [2.45, 2.75) is 13.5 Å². The minimum Gasteiger partial charge on any atom is -0.384 e. The molecular weight excluding hydrogens is 176 g/mol. The molecule has 0 aliphatic carbocycles. The predicted octanol–water partition coefficient (Wildman–Crippen LogP) is 1.22. The van der Waals surface area contributed by atoms with Gasteiger partial charge in [0.2, 0.25) is 0 Å². The zero-order valence-corrected chi connectivity index (χ0v) is 8.01. The number of hydrogen-bond acceptors (Lipinski definition) is 3. The smallest absolute Gasteiger partial charge is 0.123 e. The van der Waals surface area contributed by atoms with Gasteiger partial charge in [0.15, 0.2) is 0 Å². The molecule has 0 unspecified atom stereocenters. The van der Waals surface area contributed by atoms with Crippen molar-refractivity contribution in [2.75, 3.05) is 5.73 Å². The van der Waals surface area contributed by atoms with Crippen molar-refractivity contribution in [3.63, 3.8) is 0 Å². The molecule has 0 saturated heterocycles. The number of pyridine rings is 1. The first-order valence-corrected chi connectivity index (χ1v) is 4.45. The third-order valence-electron chi connectivity index (χ3n) is 2.08. The van der Waals surface area contributed by atoms with Crippen LogP contribution in [0, 0.1) is 6.92 Å². The minimum atomic E-state index is 0.556. The van der Waals surface area contributed by atoms with Crippen LogP contribution in [0.25, 0.3) is 0 Å². The molecule has 0 amide bonds. The van der Waals surface area contributed by atoms with E-state index in [4.69, 9.17) is 5.73 Å². The van der Waals surface area contributed by atoms with E-state index in [1.54, 1.807) is 12.3 Å². The first-order valence-electron chi connectivity index (χ1n) is 4.45. The molecule has 0 spiro atoms. The molecule has 2 heterocycles. The van der Waals surface area contributed by atoms with Gasteiger partial charge >= 0.3 is 0 Å². The first kappa shape index (κ1) is 8.74. The SMILES string of the molecule is Cc1nccn1Cc1cccc(N)n1. The van der Waals surface area contributed by atoms with Crippen molar-refractivity contribution >= 4 is 5.82 Å². The second-order valence-corrected chi connectivity index (χ2v) is 3.16. The van der Waals surface area contributed by atoms with Crippen LogP contribution >= 0.6 is 0 Å². The Morgan fingerprint density at radius 1 is 1.43 bits per heavy atom. The highest BCUT2D eigenvalue weighted by Gasteiger charge is 1.99. The van der Waals surface area contributed by atoms with E-state index >= 15 is 0 Å². The number of anilines is 1. The third-order valence-corrected chi connectivity index (χ3v) is 2.08. The molecule has 0 saturated carbocycles. The fourth-order valence-corrected chi connectivity index (χ4v) is 1.33. The molecule has 0 bridgehead atoms. The summed E-state index contributed by atoms with van der Waals surface area (Å²) in [6.07, 6.45) is 3.71. The summed E-state index contributed by atoms with van der Waals surface area (Å²) in [4.78, 5) is 8.36. The molecule has 0 radical (unpaired) electrons. The summed E-state index contributed by atoms with van der Waals surface area (Å²) in [6.45, 7) is 2.68. The van der Waals surface area contributed by atoms with E-state index in [0.29, 0.717) is 5.82 Å². The summed E-state index contributed by atoms with van der Waals surface area (Å²) in [5, 5.41) is 0. The van der Waals surface area contributed by atoms with Gasteiger partial charge < -0.3 is 10.3 Å². The highest BCUT2D eigenvalue weighted by molar-refractivity contribution is 5.28. The standard InChI is InChI=1S/C10H12N4/c1-8-12-5-6-14(8)7-9-3-2-4-10(11)13-9/h2-6H,7H2,1H3,(H2,11,13). The number of hydrogen-bond donors (Lipinski definition) is 1. The molecule has 0 aliphatic heterocycles. The van der Waals surface area contributed by atoms with Crippen LogP contribution in [0.5, 0.6) is 0 Å². The maximum Gasteiger partial charge on any atom is 0.123 e. The van der Waals surface area contributed by atoms with Crippen LogP contribution in [-0.2, 0) is 6.54 Å². The minimum absolute atomic E-state index is 0.556. The Bertz CT molecular complexity index is 433. The molecule has 0 aromatic carbocycles. The van der Waals surface area contributed by atoms with Crippen molar-refractivity contribution in [2.24, 2.45) is 0 Å². The van der Waals surface area contributed by atoms with Crippen molar-refractivity contribution in [3.8, 4) is 0 Å². The number of imidazole rings is 1. The maximum atomic E-state index is 5.59. The summed E-state index contributed by atoms with van der Waals surface area (Å²) in [5.74, 6) is 1.54. The highest BCUT2D eigenvalue weighted by atomic mass is 15.1. The Kier molecular flexibility index (Phi) is 2.18. The van der Waals surface area contributed by atoms with Gasteiger partial charge in [-0.15, -0.1) is 0 Å². The van der Waals surface area contributed by atoms with Crippen molar-refractivity contribution in [3.05, 3.63) is 42.1 Å². The number of nitrogens with zero attached hydrogens (tertiary/aromatic N) is 3. The lowest BCUT2D eigenvalue weighted by Gasteiger charge is -2.04. The van der Waals surface area contributed by atoms with E-state index in [-0.39, 0.29) is 0 Å². The van der Waals surface area contributed by atoms with E-state index in [9.17, 15) is 0 Å². The number of rotatable bonds is 2. The molecule has 2 rings (SSSR count). The van der Waals surface area contributed by atoms with Gasteiger partial charge in [-0.2, -0.15) is 0 Å². The summed E-state index contributed by atoms with van der Waals surface area (Å²) < 4.78 is 2.03. The van der Waals surface area contributed by atoms with E-state index in [1.165, 1.54) is 0 Å². The van der Waals surface area contributed by atoms with E-state index in [1.807, 2.05) is 29.8 Å². The topological polar surface area (TPSA) is 56.7 Å². The zero-order chi connectivity index (χ0) is 9.97. The van der Waals surface area contributed by atoms with Crippen LogP contribution in [0.15, 0.2) is 30.6 Å². The largest absolute Gasteiger partial charge is 0.384 e. The summed E-state index contributed by atoms with van der Waals surface area (Å²) in [5.41, 5.74) is 6.54. The van der Waals surface area contributed by atoms with Gasteiger partial charge in [0, 0.05) is 12.4 Å². The van der Waals surface area contributed by atoms with Gasteiger partial charge in [-0.05, 0) is 19.1 Å². The van der Waals surface area contributed by atoms with Crippen LogP contribution in [0.1, 0.15) is 11.5 Å². The second kappa shape index (κ2) is 3.49. The average molecular weight is 188 g/mol. The van der Waals surface area contributed by atoms with Crippen LogP contribution in [0.4, 0.5) is 5.82 Å². The molecule has 0 aliphatic rings. The lowest BCUT2D eigenvalue weighted by atomic mass is 10.3. The molecule has 2 aromatic heterocycles. The third kappa shape index (κ3) is 1.74. The molecule has 2 aromatic rings. The molecule has 4 nitrogen and oxygen atoms in total. The molecular formula is C10H12N4. The predicted molar refractivity (Wildman–Crippen MR) is 54.7 cm³/mol. The monoisotopic (exact) mass is 188 g/mol. The van der Waals surface area contributed by atoms with Crippen LogP contribution in [0.2, 0.25) is 0 Å². The van der Waals surface area contributed by atoms with E-state index < -0.39 is 0 Å². The van der Waals surface area contributed by atoms with Crippen molar-refractivity contribution in [1.29, 1.82) is 0 Å². The second-order valence-electron chi connectivity index (χ2n) is 3.16. The van der Waals surface area contributed by atoms with Gasteiger partial charge in [0.1, 0.15) is 11.6 Å². The Morgan fingerprint density at radius 2 is 2.29 bits per heavy atom. The lowest BCUT2D eigenvalue weighted by Crippen LogP contribution is -2.03. The molecule has 0 atom stereocenters. The summed E-state index contributed by atoms with van der Waals surface area (Å²) in [7, 11) is 0. The van der Waals surface area contributed by atoms with Crippen LogP contribution in [0.3, 0.4) is 0 Å². The van der Waals surface area contributed by atoms with Crippen molar-refractivity contribution < 1.29 is 0 Å². The van der Waals surface area contributed by atoms with Crippen molar-refractivity contribution in [1.82, 2.24) is 14.5 Å². The van der Waals surface area contributed by atoms with Gasteiger partial charge in [-0.3, -0.25) is 0 Å². The van der Waals surface area contributed by atoms with E-state index in [2.05, 4.69) is 9.97 Å². The van der Waals surface area contributed by atoms with Gasteiger partial charge in [0.05, 0.1) is 12.2 Å². The fraction of sp³-hybridized carbons (Fsp3) is 0.200. The molecule has 2 N–H and O–H groups in total.